The molecule has 1 unspecified atom stereocenters. The van der Waals surface area contributed by atoms with Crippen molar-refractivity contribution in [2.75, 3.05) is 19.7 Å². The summed E-state index contributed by atoms with van der Waals surface area (Å²) < 4.78 is 32.5. The van der Waals surface area contributed by atoms with E-state index in [-0.39, 0.29) is 17.7 Å². The zero-order chi connectivity index (χ0) is 22.0. The Kier molecular flexibility index (Phi) is 5.99. The number of ether oxygens (including phenoxy) is 1. The molecule has 0 saturated heterocycles. The van der Waals surface area contributed by atoms with Gasteiger partial charge in [0.1, 0.15) is 0 Å². The van der Waals surface area contributed by atoms with Crippen molar-refractivity contribution in [2.24, 2.45) is 0 Å². The van der Waals surface area contributed by atoms with Gasteiger partial charge in [-0.2, -0.15) is 0 Å². The molecule has 0 aliphatic carbocycles. The third-order valence-electron chi connectivity index (χ3n) is 5.52. The molecule has 4 rings (SSSR count). The van der Waals surface area contributed by atoms with Gasteiger partial charge >= 0.3 is 12.0 Å². The maximum atomic E-state index is 13.9. The minimum absolute atomic E-state index is 0.144. The summed E-state index contributed by atoms with van der Waals surface area (Å²) in [6, 6.07) is 10.00. The number of urea groups is 1. The zero-order valence-corrected chi connectivity index (χ0v) is 17.1. The fourth-order valence-electron chi connectivity index (χ4n) is 4.05. The van der Waals surface area contributed by atoms with Crippen LogP contribution in [-0.4, -0.2) is 36.6 Å². The second-order valence-corrected chi connectivity index (χ2v) is 7.55. The first-order valence-corrected chi connectivity index (χ1v) is 10.2. The lowest BCUT2D eigenvalue weighted by molar-refractivity contribution is -0.139. The molecule has 2 aliphatic heterocycles. The normalized spacial score (nSPS) is 18.8. The van der Waals surface area contributed by atoms with Crippen molar-refractivity contribution in [3.05, 3.63) is 82.1 Å². The van der Waals surface area contributed by atoms with Crippen molar-refractivity contribution in [1.29, 1.82) is 0 Å². The van der Waals surface area contributed by atoms with E-state index < -0.39 is 29.7 Å². The number of carbonyl (C=O) groups is 2. The van der Waals surface area contributed by atoms with Crippen molar-refractivity contribution >= 4 is 12.0 Å². The number of hydrogen-bond donors (Lipinski definition) is 2. The molecule has 2 aliphatic rings. The highest BCUT2D eigenvalue weighted by molar-refractivity contribution is 5.95. The number of carbonyl (C=O) groups excluding carboxylic acids is 2. The molecule has 8 heteroatoms. The molecule has 2 amide bonds. The molecule has 0 bridgehead atoms. The fourth-order valence-corrected chi connectivity index (χ4v) is 4.05. The summed E-state index contributed by atoms with van der Waals surface area (Å²) in [6.07, 6.45) is 0.858. The van der Waals surface area contributed by atoms with Gasteiger partial charge in [0, 0.05) is 25.3 Å². The van der Waals surface area contributed by atoms with E-state index >= 15 is 0 Å². The summed E-state index contributed by atoms with van der Waals surface area (Å²) in [6.45, 7) is 3.58. The first kappa shape index (κ1) is 21.0. The van der Waals surface area contributed by atoms with E-state index in [2.05, 4.69) is 27.7 Å². The fraction of sp³-hybridized carbons (Fsp3) is 0.304. The molecule has 0 spiro atoms. The third kappa shape index (κ3) is 4.44. The van der Waals surface area contributed by atoms with Gasteiger partial charge in [-0.3, -0.25) is 4.90 Å². The lowest BCUT2D eigenvalue weighted by Crippen LogP contribution is -2.49. The minimum atomic E-state index is -1.05. The Balaban J connectivity index is 1.69. The van der Waals surface area contributed by atoms with Gasteiger partial charge in [0.2, 0.25) is 0 Å². The van der Waals surface area contributed by atoms with Gasteiger partial charge in [0.25, 0.3) is 0 Å². The molecule has 1 atom stereocenters. The number of esters is 1. The first-order valence-electron chi connectivity index (χ1n) is 10.2. The topological polar surface area (TPSA) is 70.7 Å². The van der Waals surface area contributed by atoms with Crippen LogP contribution in [0.2, 0.25) is 0 Å². The van der Waals surface area contributed by atoms with Crippen LogP contribution in [0, 0.1) is 11.6 Å². The van der Waals surface area contributed by atoms with Crippen LogP contribution in [-0.2, 0) is 22.5 Å². The Morgan fingerprint density at radius 1 is 1.16 bits per heavy atom. The lowest BCUT2D eigenvalue weighted by Gasteiger charge is -2.34. The Morgan fingerprint density at radius 2 is 1.94 bits per heavy atom. The molecule has 2 aromatic rings. The van der Waals surface area contributed by atoms with Gasteiger partial charge in [0.15, 0.2) is 11.6 Å². The molecule has 2 heterocycles. The second-order valence-electron chi connectivity index (χ2n) is 7.55. The van der Waals surface area contributed by atoms with Crippen LogP contribution < -0.4 is 10.6 Å². The highest BCUT2D eigenvalue weighted by Crippen LogP contribution is 2.30. The van der Waals surface area contributed by atoms with E-state index in [1.807, 2.05) is 12.1 Å². The standard InChI is InChI=1S/C23H23F2N3O3/c1-2-31-22(29)20-19(13-28-10-9-14-5-3-4-6-16(14)12-28)26-23(30)27-21(20)15-7-8-17(24)18(25)11-15/h3-8,11,21H,2,9-10,12-13H2,1H3,(H2,26,27,30). The number of amides is 2. The van der Waals surface area contributed by atoms with Crippen LogP contribution >= 0.6 is 0 Å². The third-order valence-corrected chi connectivity index (χ3v) is 5.52. The summed E-state index contributed by atoms with van der Waals surface area (Å²) in [5.74, 6) is -2.67. The largest absolute Gasteiger partial charge is 0.463 e. The Hall–Kier alpha value is -3.26. The van der Waals surface area contributed by atoms with E-state index in [0.717, 1.165) is 25.1 Å². The van der Waals surface area contributed by atoms with Crippen molar-refractivity contribution in [1.82, 2.24) is 15.5 Å². The van der Waals surface area contributed by atoms with Crippen molar-refractivity contribution in [3.63, 3.8) is 0 Å². The van der Waals surface area contributed by atoms with E-state index in [1.54, 1.807) is 6.92 Å². The number of nitrogens with one attached hydrogen (secondary N) is 2. The van der Waals surface area contributed by atoms with E-state index in [0.29, 0.717) is 18.8 Å². The highest BCUT2D eigenvalue weighted by Gasteiger charge is 2.35. The molecule has 0 aromatic heterocycles. The molecule has 162 valence electrons. The minimum Gasteiger partial charge on any atom is -0.463 e. The van der Waals surface area contributed by atoms with Crippen molar-refractivity contribution in [2.45, 2.75) is 25.9 Å². The van der Waals surface area contributed by atoms with Gasteiger partial charge in [-0.15, -0.1) is 0 Å². The monoisotopic (exact) mass is 427 g/mol. The zero-order valence-electron chi connectivity index (χ0n) is 17.1. The summed E-state index contributed by atoms with van der Waals surface area (Å²) in [5.41, 5.74) is 3.33. The SMILES string of the molecule is CCOC(=O)C1=C(CN2CCc3ccccc3C2)NC(=O)NC1c1ccc(F)c(F)c1. The van der Waals surface area contributed by atoms with E-state index in [4.69, 9.17) is 4.74 Å². The number of rotatable bonds is 5. The molecule has 0 radical (unpaired) electrons. The molecular weight excluding hydrogens is 404 g/mol. The summed E-state index contributed by atoms with van der Waals surface area (Å²) in [4.78, 5) is 27.3. The Bertz CT molecular complexity index is 1050. The Morgan fingerprint density at radius 3 is 2.68 bits per heavy atom. The number of nitrogens with zero attached hydrogens (tertiary/aromatic N) is 1. The van der Waals surface area contributed by atoms with Crippen LogP contribution in [0.4, 0.5) is 13.6 Å². The molecule has 6 nitrogen and oxygen atoms in total. The summed E-state index contributed by atoms with van der Waals surface area (Å²) >= 11 is 0. The number of hydrogen-bond acceptors (Lipinski definition) is 4. The molecule has 0 saturated carbocycles. The molecular formula is C23H23F2N3O3. The maximum Gasteiger partial charge on any atom is 0.338 e. The second kappa shape index (κ2) is 8.85. The van der Waals surface area contributed by atoms with Crippen LogP contribution in [0.25, 0.3) is 0 Å². The maximum absolute atomic E-state index is 13.9. The van der Waals surface area contributed by atoms with Crippen molar-refractivity contribution < 1.29 is 23.1 Å². The van der Waals surface area contributed by atoms with E-state index in [1.165, 1.54) is 17.2 Å². The van der Waals surface area contributed by atoms with Crippen LogP contribution in [0.3, 0.4) is 0 Å². The predicted molar refractivity (Wildman–Crippen MR) is 110 cm³/mol. The first-order chi connectivity index (χ1) is 15.0. The number of fused-ring (bicyclic) bond motifs is 1. The van der Waals surface area contributed by atoms with E-state index in [9.17, 15) is 18.4 Å². The van der Waals surface area contributed by atoms with Crippen molar-refractivity contribution in [3.8, 4) is 0 Å². The number of benzene rings is 2. The average Bonchev–Trinajstić information content (AvgIpc) is 2.75. The van der Waals surface area contributed by atoms with Gasteiger partial charge in [-0.05, 0) is 42.2 Å². The summed E-state index contributed by atoms with van der Waals surface area (Å²) in [5, 5.41) is 5.36. The van der Waals surface area contributed by atoms with Crippen LogP contribution in [0.5, 0.6) is 0 Å². The van der Waals surface area contributed by atoms with Gasteiger partial charge < -0.3 is 15.4 Å². The van der Waals surface area contributed by atoms with Gasteiger partial charge in [0.05, 0.1) is 18.2 Å². The molecule has 31 heavy (non-hydrogen) atoms. The lowest BCUT2D eigenvalue weighted by atomic mass is 9.94. The molecule has 2 aromatic carbocycles. The smallest absolute Gasteiger partial charge is 0.338 e. The van der Waals surface area contributed by atoms with Gasteiger partial charge in [-0.1, -0.05) is 30.3 Å². The highest BCUT2D eigenvalue weighted by atomic mass is 19.2. The predicted octanol–water partition coefficient (Wildman–Crippen LogP) is 3.19. The summed E-state index contributed by atoms with van der Waals surface area (Å²) in [7, 11) is 0. The van der Waals surface area contributed by atoms with Crippen LogP contribution in [0.1, 0.15) is 29.7 Å². The Labute approximate surface area is 178 Å². The average molecular weight is 427 g/mol. The van der Waals surface area contributed by atoms with Crippen LogP contribution in [0.15, 0.2) is 53.7 Å². The molecule has 0 fully saturated rings. The number of halogens is 2. The van der Waals surface area contributed by atoms with Gasteiger partial charge in [-0.25, -0.2) is 18.4 Å². The quantitative estimate of drug-likeness (QED) is 0.719. The molecule has 2 N–H and O–H groups in total.